The van der Waals surface area contributed by atoms with E-state index in [0.717, 1.165) is 0 Å². The van der Waals surface area contributed by atoms with Gasteiger partial charge in [0, 0.05) is 0 Å². The van der Waals surface area contributed by atoms with E-state index in [4.69, 9.17) is 2.74 Å². The second kappa shape index (κ2) is 5.65. The van der Waals surface area contributed by atoms with Gasteiger partial charge in [-0.3, -0.25) is 0 Å². The maximum absolute atomic E-state index is 10.1. The highest BCUT2D eigenvalue weighted by atomic mass is 16.7. The van der Waals surface area contributed by atoms with Gasteiger partial charge in [-0.1, -0.05) is 33.7 Å². The Morgan fingerprint density at radius 2 is 1.38 bits per heavy atom. The molecule has 0 N–H and O–H groups in total. The molecule has 2 heterocycles. The topological polar surface area (TPSA) is 61.8 Å². The second-order valence-electron chi connectivity index (χ2n) is 2.43. The highest BCUT2D eigenvalue weighted by molar-refractivity contribution is 5.14. The summed E-state index contributed by atoms with van der Waals surface area (Å²) in [5.41, 5.74) is 0.380. The predicted molar refractivity (Wildman–Crippen MR) is 59.6 cm³/mol. The first-order valence-electron chi connectivity index (χ1n) is 4.75. The molecule has 1 saturated heterocycles. The van der Waals surface area contributed by atoms with Crippen molar-refractivity contribution in [2.45, 2.75) is 7.43 Å². The normalized spacial score (nSPS) is 18.0. The first-order chi connectivity index (χ1) is 7.71. The third kappa shape index (κ3) is 3.53. The Labute approximate surface area is 95.4 Å². The van der Waals surface area contributed by atoms with Crippen LogP contribution in [0, 0.1) is 0 Å². The average molecular weight is 230 g/mol. The summed E-state index contributed by atoms with van der Waals surface area (Å²) in [4.78, 5) is 10.1. The first kappa shape index (κ1) is 10.4. The summed E-state index contributed by atoms with van der Waals surface area (Å²) < 4.78 is 31.3. The van der Waals surface area contributed by atoms with Crippen LogP contribution in [0.3, 0.4) is 0 Å². The summed E-state index contributed by atoms with van der Waals surface area (Å²) in [7, 11) is 0. The van der Waals surface area contributed by atoms with E-state index in [-0.39, 0.29) is 29.8 Å². The molecular weight excluding hydrogens is 212 g/mol. The molecule has 1 aromatic rings. The molecule has 0 spiro atoms. The zero-order valence-corrected chi connectivity index (χ0v) is 7.87. The van der Waals surface area contributed by atoms with Crippen LogP contribution in [0.15, 0.2) is 38.3 Å². The third-order valence-corrected chi connectivity index (χ3v) is 1.36. The second-order valence-corrected chi connectivity index (χ2v) is 2.43. The molecule has 16 heavy (non-hydrogen) atoms. The van der Waals surface area contributed by atoms with Gasteiger partial charge in [-0.05, 0) is 0 Å². The smallest absolute Gasteiger partial charge is 0.454 e. The van der Waals surface area contributed by atoms with Crippen LogP contribution in [0.25, 0.3) is 13.2 Å². The Bertz CT molecular complexity index is 547. The molecule has 1 fully saturated rings. The van der Waals surface area contributed by atoms with Crippen molar-refractivity contribution in [1.29, 1.82) is 0 Å². The largest absolute Gasteiger partial charge is 0.519 e. The summed E-state index contributed by atoms with van der Waals surface area (Å²) in [6.07, 6.45) is 0. The fourth-order valence-corrected chi connectivity index (χ4v) is 0.571. The van der Waals surface area contributed by atoms with Crippen LogP contribution in [0.2, 0.25) is 0 Å². The van der Waals surface area contributed by atoms with Gasteiger partial charge in [-0.25, -0.2) is 4.79 Å². The van der Waals surface area contributed by atoms with Crippen LogP contribution in [0.1, 0.15) is 10.2 Å². The molecule has 0 amide bonds. The monoisotopic (exact) mass is 230 g/mol. The molecule has 1 aliphatic rings. The molecule has 0 aliphatic carbocycles. The Kier molecular flexibility index (Phi) is 3.65. The number of hydrogen-bond acceptors (Lipinski definition) is 5. The summed E-state index contributed by atoms with van der Waals surface area (Å²) in [6.45, 7) is 11.3. The van der Waals surface area contributed by atoms with E-state index in [1.54, 1.807) is 0 Å². The van der Waals surface area contributed by atoms with Gasteiger partial charge in [0.1, 0.15) is 2.74 Å². The van der Waals surface area contributed by atoms with Crippen molar-refractivity contribution in [1.82, 2.24) is 0 Å². The Hall–Kier alpha value is -2.17. The molecule has 0 saturated carbocycles. The lowest BCUT2D eigenvalue weighted by Crippen LogP contribution is -2.13. The van der Waals surface area contributed by atoms with Crippen molar-refractivity contribution >= 4 is 13.2 Å². The van der Waals surface area contributed by atoms with Gasteiger partial charge < -0.3 is 18.3 Å². The SMILES string of the molecule is C.C=c1oc(=O)oc1=C.[3H]C1([3H])OC(=C)C(=C)O1. The minimum absolute atomic E-state index is 0. The van der Waals surface area contributed by atoms with Crippen molar-refractivity contribution in [3.05, 3.63) is 46.1 Å². The van der Waals surface area contributed by atoms with Crippen LogP contribution in [0.4, 0.5) is 0 Å². The highest BCUT2D eigenvalue weighted by Crippen LogP contribution is 2.15. The Morgan fingerprint density at radius 1 is 1.00 bits per heavy atom. The molecule has 1 aromatic heterocycles. The molecule has 1 aliphatic heterocycles. The standard InChI is InChI=1S/C5H4O3.C5H6O2.CH4/c1-3-4(2)8-5(6)7-3;1-4-5(2)7-3-6-4;/h1-2H2;1-3H2;1H4/i;3T2;. The van der Waals surface area contributed by atoms with E-state index in [1.807, 2.05) is 0 Å². The average Bonchev–Trinajstić information content (AvgIpc) is 2.54. The van der Waals surface area contributed by atoms with Gasteiger partial charge in [0.2, 0.25) is 6.75 Å². The Balaban J connectivity index is 0.000000306. The number of rotatable bonds is 0. The quantitative estimate of drug-likeness (QED) is 0.656. The molecule has 0 aromatic carbocycles. The van der Waals surface area contributed by atoms with Gasteiger partial charge in [0.05, 0.1) is 0 Å². The van der Waals surface area contributed by atoms with E-state index >= 15 is 0 Å². The maximum Gasteiger partial charge on any atom is 0.519 e. The van der Waals surface area contributed by atoms with E-state index < -0.39 is 12.6 Å². The number of ether oxygens (including phenoxy) is 2. The molecule has 2 rings (SSSR count). The van der Waals surface area contributed by atoms with E-state index in [9.17, 15) is 4.79 Å². The van der Waals surface area contributed by atoms with Crippen molar-refractivity contribution in [2.24, 2.45) is 0 Å². The molecule has 0 unspecified atom stereocenters. The van der Waals surface area contributed by atoms with Gasteiger partial charge in [0.25, 0.3) is 0 Å². The summed E-state index contributed by atoms with van der Waals surface area (Å²) in [5.74, 6) is -0.444. The predicted octanol–water partition coefficient (Wildman–Crippen LogP) is 0.708. The maximum atomic E-state index is 10.1. The van der Waals surface area contributed by atoms with Gasteiger partial charge in [0.15, 0.2) is 22.3 Å². The molecule has 0 radical (unpaired) electrons. The van der Waals surface area contributed by atoms with Crippen LogP contribution >= 0.6 is 0 Å². The minimum atomic E-state index is -2.06. The first-order valence-corrected chi connectivity index (χ1v) is 3.75. The molecule has 5 heteroatoms. The third-order valence-electron chi connectivity index (χ3n) is 1.36. The minimum Gasteiger partial charge on any atom is -0.454 e. The molecule has 0 bridgehead atoms. The van der Waals surface area contributed by atoms with E-state index in [2.05, 4.69) is 44.6 Å². The van der Waals surface area contributed by atoms with E-state index in [1.165, 1.54) is 0 Å². The van der Waals surface area contributed by atoms with Gasteiger partial charge in [-0.2, -0.15) is 0 Å². The van der Waals surface area contributed by atoms with Crippen molar-refractivity contribution in [2.75, 3.05) is 6.75 Å². The highest BCUT2D eigenvalue weighted by Gasteiger charge is 2.08. The van der Waals surface area contributed by atoms with Crippen molar-refractivity contribution in [3.63, 3.8) is 0 Å². The molecule has 0 atom stereocenters. The van der Waals surface area contributed by atoms with Crippen LogP contribution in [0.5, 0.6) is 0 Å². The summed E-state index contributed by atoms with van der Waals surface area (Å²) in [5, 5.41) is 0. The van der Waals surface area contributed by atoms with Crippen molar-refractivity contribution < 1.29 is 21.0 Å². The lowest BCUT2D eigenvalue weighted by molar-refractivity contribution is 0.0983. The van der Waals surface area contributed by atoms with E-state index in [0.29, 0.717) is 0 Å². The van der Waals surface area contributed by atoms with Crippen LogP contribution in [-0.2, 0) is 9.47 Å². The zero-order chi connectivity index (χ0) is 13.2. The lowest BCUT2D eigenvalue weighted by Gasteiger charge is -1.84. The molecule has 88 valence electrons. The van der Waals surface area contributed by atoms with Crippen LogP contribution < -0.4 is 16.7 Å². The van der Waals surface area contributed by atoms with Gasteiger partial charge >= 0.3 is 5.82 Å². The van der Waals surface area contributed by atoms with Crippen molar-refractivity contribution in [3.8, 4) is 0 Å². The lowest BCUT2D eigenvalue weighted by atomic mass is 10.5. The molecular formula is C11H14O5. The van der Waals surface area contributed by atoms with Crippen LogP contribution in [-0.4, -0.2) is 6.75 Å². The summed E-state index contributed by atoms with van der Waals surface area (Å²) >= 11 is 0. The number of hydrogen-bond donors (Lipinski definition) is 0. The fraction of sp³-hybridized carbons (Fsp3) is 0.182. The molecule has 5 nitrogen and oxygen atoms in total. The summed E-state index contributed by atoms with van der Waals surface area (Å²) in [6, 6.07) is 0. The Morgan fingerprint density at radius 3 is 1.50 bits per heavy atom. The zero-order valence-electron chi connectivity index (χ0n) is 9.87. The van der Waals surface area contributed by atoms with Gasteiger partial charge in [-0.15, -0.1) is 0 Å². The fourth-order valence-electron chi connectivity index (χ4n) is 0.571.